The summed E-state index contributed by atoms with van der Waals surface area (Å²) in [6, 6.07) is -0.290. The van der Waals surface area contributed by atoms with Crippen LogP contribution in [0.3, 0.4) is 0 Å². The second kappa shape index (κ2) is 4.94. The maximum atomic E-state index is 11.7. The van der Waals surface area contributed by atoms with Crippen LogP contribution in [0.5, 0.6) is 0 Å². The number of hydrogen-bond acceptors (Lipinski definition) is 4. The number of aliphatic hydroxyl groups is 1. The first kappa shape index (κ1) is 10.9. The molecule has 0 aromatic carbocycles. The summed E-state index contributed by atoms with van der Waals surface area (Å²) in [6.07, 6.45) is 5.80. The molecule has 2 atom stereocenters. The quantitative estimate of drug-likeness (QED) is 0.659. The summed E-state index contributed by atoms with van der Waals surface area (Å²) >= 11 is 0. The fourth-order valence-electron chi connectivity index (χ4n) is 2.33. The monoisotopic (exact) mass is 213 g/mol. The fourth-order valence-corrected chi connectivity index (χ4v) is 2.33. The highest BCUT2D eigenvalue weighted by Gasteiger charge is 2.31. The Morgan fingerprint density at radius 3 is 2.60 bits per heavy atom. The molecule has 0 unspecified atom stereocenters. The van der Waals surface area contributed by atoms with E-state index in [0.717, 1.165) is 12.8 Å². The van der Waals surface area contributed by atoms with Crippen LogP contribution < -0.4 is 5.32 Å². The van der Waals surface area contributed by atoms with E-state index < -0.39 is 6.10 Å². The van der Waals surface area contributed by atoms with Crippen LogP contribution in [0, 0.1) is 0 Å². The van der Waals surface area contributed by atoms with Crippen molar-refractivity contribution in [1.29, 1.82) is 0 Å². The zero-order valence-electron chi connectivity index (χ0n) is 8.95. The molecule has 0 amide bonds. The predicted octanol–water partition coefficient (Wildman–Crippen LogP) is 0.585. The van der Waals surface area contributed by atoms with Crippen molar-refractivity contribution in [2.45, 2.75) is 56.8 Å². The molecule has 2 rings (SSSR count). The summed E-state index contributed by atoms with van der Waals surface area (Å²) in [5.74, 6) is -0.182. The minimum Gasteiger partial charge on any atom is -0.461 e. The van der Waals surface area contributed by atoms with Gasteiger partial charge in [0.1, 0.15) is 12.1 Å². The Morgan fingerprint density at radius 2 is 2.00 bits per heavy atom. The average molecular weight is 213 g/mol. The van der Waals surface area contributed by atoms with E-state index in [1.165, 1.54) is 19.3 Å². The molecule has 2 N–H and O–H groups in total. The van der Waals surface area contributed by atoms with Gasteiger partial charge in [-0.05, 0) is 25.7 Å². The molecule has 2 aliphatic rings. The highest BCUT2D eigenvalue weighted by Crippen LogP contribution is 2.21. The lowest BCUT2D eigenvalue weighted by molar-refractivity contribution is -0.152. The van der Waals surface area contributed by atoms with Crippen LogP contribution in [0.15, 0.2) is 0 Å². The molecule has 0 aromatic heterocycles. The molecule has 4 heteroatoms. The minimum atomic E-state index is -0.395. The van der Waals surface area contributed by atoms with Crippen molar-refractivity contribution in [3.63, 3.8) is 0 Å². The SMILES string of the molecule is O=C(OC1CCCCC1)[C@H]1C[C@@H](O)CN1. The summed E-state index contributed by atoms with van der Waals surface area (Å²) in [5.41, 5.74) is 0. The van der Waals surface area contributed by atoms with Gasteiger partial charge in [-0.1, -0.05) is 6.42 Å². The zero-order chi connectivity index (χ0) is 10.7. The van der Waals surface area contributed by atoms with Crippen LogP contribution >= 0.6 is 0 Å². The maximum Gasteiger partial charge on any atom is 0.323 e. The number of rotatable bonds is 2. The number of hydrogen-bond donors (Lipinski definition) is 2. The number of nitrogens with one attached hydrogen (secondary N) is 1. The van der Waals surface area contributed by atoms with Gasteiger partial charge in [-0.25, -0.2) is 0 Å². The molecular weight excluding hydrogens is 194 g/mol. The second-order valence-corrected chi connectivity index (χ2v) is 4.55. The van der Waals surface area contributed by atoms with Crippen LogP contribution in [0.4, 0.5) is 0 Å². The van der Waals surface area contributed by atoms with Crippen LogP contribution in [0.25, 0.3) is 0 Å². The van der Waals surface area contributed by atoms with Crippen molar-refractivity contribution in [3.8, 4) is 0 Å². The lowest BCUT2D eigenvalue weighted by atomic mass is 9.98. The van der Waals surface area contributed by atoms with E-state index in [2.05, 4.69) is 5.32 Å². The Hall–Kier alpha value is -0.610. The maximum absolute atomic E-state index is 11.7. The largest absolute Gasteiger partial charge is 0.461 e. The number of carbonyl (C=O) groups excluding carboxylic acids is 1. The molecular formula is C11H19NO3. The van der Waals surface area contributed by atoms with Gasteiger partial charge in [0.2, 0.25) is 0 Å². The molecule has 1 aliphatic carbocycles. The van der Waals surface area contributed by atoms with Gasteiger partial charge in [0.15, 0.2) is 0 Å². The molecule has 1 heterocycles. The Kier molecular flexibility index (Phi) is 3.59. The van der Waals surface area contributed by atoms with E-state index in [0.29, 0.717) is 13.0 Å². The van der Waals surface area contributed by atoms with Crippen molar-refractivity contribution in [1.82, 2.24) is 5.32 Å². The Balaban J connectivity index is 1.76. The number of esters is 1. The average Bonchev–Trinajstić information content (AvgIpc) is 2.66. The molecule has 0 radical (unpaired) electrons. The van der Waals surface area contributed by atoms with Crippen LogP contribution in [0.1, 0.15) is 38.5 Å². The molecule has 0 aromatic rings. The minimum absolute atomic E-state index is 0.116. The van der Waals surface area contributed by atoms with Crippen molar-refractivity contribution in [2.24, 2.45) is 0 Å². The molecule has 0 bridgehead atoms. The number of carbonyl (C=O) groups is 1. The molecule has 15 heavy (non-hydrogen) atoms. The number of β-amino-alcohol motifs (C(OH)–C–C–N with tert-alkyl or cyclic N) is 1. The van der Waals surface area contributed by atoms with Crippen LogP contribution in [-0.4, -0.2) is 35.9 Å². The summed E-state index contributed by atoms with van der Waals surface area (Å²) in [6.45, 7) is 0.504. The highest BCUT2D eigenvalue weighted by atomic mass is 16.5. The van der Waals surface area contributed by atoms with Gasteiger partial charge in [-0.3, -0.25) is 4.79 Å². The fraction of sp³-hybridized carbons (Fsp3) is 0.909. The first-order valence-corrected chi connectivity index (χ1v) is 5.87. The normalized spacial score (nSPS) is 32.9. The second-order valence-electron chi connectivity index (χ2n) is 4.55. The van der Waals surface area contributed by atoms with E-state index >= 15 is 0 Å². The van der Waals surface area contributed by atoms with E-state index in [1.54, 1.807) is 0 Å². The van der Waals surface area contributed by atoms with Crippen molar-refractivity contribution in [3.05, 3.63) is 0 Å². The third-order valence-corrected chi connectivity index (χ3v) is 3.23. The van der Waals surface area contributed by atoms with Gasteiger partial charge in [0.25, 0.3) is 0 Å². The third-order valence-electron chi connectivity index (χ3n) is 3.23. The van der Waals surface area contributed by atoms with Gasteiger partial charge in [-0.2, -0.15) is 0 Å². The molecule has 4 nitrogen and oxygen atoms in total. The van der Waals surface area contributed by atoms with E-state index in [9.17, 15) is 9.90 Å². The topological polar surface area (TPSA) is 58.6 Å². The number of ether oxygens (including phenoxy) is 1. The van der Waals surface area contributed by atoms with Gasteiger partial charge in [0.05, 0.1) is 6.10 Å². The summed E-state index contributed by atoms with van der Waals surface area (Å²) in [5, 5.41) is 12.3. The molecule has 0 spiro atoms. The molecule has 1 aliphatic heterocycles. The van der Waals surface area contributed by atoms with Crippen molar-refractivity contribution < 1.29 is 14.6 Å². The lowest BCUT2D eigenvalue weighted by Gasteiger charge is -2.23. The molecule has 1 saturated heterocycles. The van der Waals surface area contributed by atoms with Crippen molar-refractivity contribution in [2.75, 3.05) is 6.54 Å². The number of aliphatic hydroxyl groups excluding tert-OH is 1. The smallest absolute Gasteiger partial charge is 0.323 e. The Morgan fingerprint density at radius 1 is 1.27 bits per heavy atom. The molecule has 1 saturated carbocycles. The van der Waals surface area contributed by atoms with Gasteiger partial charge < -0.3 is 15.2 Å². The Labute approximate surface area is 90.0 Å². The predicted molar refractivity (Wildman–Crippen MR) is 55.4 cm³/mol. The van der Waals surface area contributed by atoms with Gasteiger partial charge >= 0.3 is 5.97 Å². The van der Waals surface area contributed by atoms with Crippen LogP contribution in [0.2, 0.25) is 0 Å². The molecule has 86 valence electrons. The van der Waals surface area contributed by atoms with Crippen LogP contribution in [-0.2, 0) is 9.53 Å². The van der Waals surface area contributed by atoms with Crippen molar-refractivity contribution >= 4 is 5.97 Å². The van der Waals surface area contributed by atoms with Gasteiger partial charge in [-0.15, -0.1) is 0 Å². The summed E-state index contributed by atoms with van der Waals surface area (Å²) < 4.78 is 5.41. The van der Waals surface area contributed by atoms with Gasteiger partial charge in [0, 0.05) is 13.0 Å². The first-order valence-electron chi connectivity index (χ1n) is 5.87. The highest BCUT2D eigenvalue weighted by molar-refractivity contribution is 5.76. The summed E-state index contributed by atoms with van der Waals surface area (Å²) in [4.78, 5) is 11.7. The standard InChI is InChI=1S/C11H19NO3/c13-8-6-10(12-7-8)11(14)15-9-4-2-1-3-5-9/h8-10,12-13H,1-7H2/t8-,10-/m1/s1. The lowest BCUT2D eigenvalue weighted by Crippen LogP contribution is -2.35. The molecule has 2 fully saturated rings. The third kappa shape index (κ3) is 2.92. The summed E-state index contributed by atoms with van der Waals surface area (Å²) in [7, 11) is 0. The van der Waals surface area contributed by atoms with E-state index in [1.807, 2.05) is 0 Å². The van der Waals surface area contributed by atoms with E-state index in [4.69, 9.17) is 4.74 Å². The Bertz CT molecular complexity index is 226. The van der Waals surface area contributed by atoms with E-state index in [-0.39, 0.29) is 18.1 Å². The first-order chi connectivity index (χ1) is 7.25. The zero-order valence-corrected chi connectivity index (χ0v) is 8.95.